The zero-order valence-corrected chi connectivity index (χ0v) is 10.7. The van der Waals surface area contributed by atoms with E-state index in [0.29, 0.717) is 16.7 Å². The molecule has 0 saturated heterocycles. The molecule has 0 radical (unpaired) electrons. The van der Waals surface area contributed by atoms with Crippen molar-refractivity contribution in [1.29, 1.82) is 5.41 Å². The molecule has 0 aliphatic heterocycles. The maximum Gasteiger partial charge on any atom is 0.199 e. The topological polar surface area (TPSA) is 112 Å². The van der Waals surface area contributed by atoms with Crippen molar-refractivity contribution < 1.29 is 9.84 Å². The minimum Gasteiger partial charge on any atom is -0.379 e. The van der Waals surface area contributed by atoms with Crippen molar-refractivity contribution in [3.63, 3.8) is 0 Å². The fourth-order valence-electron chi connectivity index (χ4n) is 1.60. The number of anilines is 2. The zero-order valence-electron chi connectivity index (χ0n) is 10.7. The highest BCUT2D eigenvalue weighted by molar-refractivity contribution is 6.07. The Morgan fingerprint density at radius 2 is 2.16 bits per heavy atom. The molecule has 19 heavy (non-hydrogen) atoms. The molecule has 0 amide bonds. The number of nitrogens with one attached hydrogen (secondary N) is 1. The second-order valence-corrected chi connectivity index (χ2v) is 4.41. The fraction of sp³-hybridized carbons (Fsp3) is 0.250. The van der Waals surface area contributed by atoms with Crippen LogP contribution in [-0.4, -0.2) is 21.4 Å². The Kier molecular flexibility index (Phi) is 3.48. The van der Waals surface area contributed by atoms with E-state index in [9.17, 15) is 5.21 Å². The molecule has 100 valence electrons. The van der Waals surface area contributed by atoms with Crippen molar-refractivity contribution in [2.45, 2.75) is 19.8 Å². The lowest BCUT2D eigenvalue weighted by Crippen LogP contribution is -2.28. The third kappa shape index (κ3) is 2.55. The van der Waals surface area contributed by atoms with E-state index in [1.165, 1.54) is 0 Å². The molecule has 0 fully saturated rings. The summed E-state index contributed by atoms with van der Waals surface area (Å²) in [5.41, 5.74) is 7.00. The molecular weight excluding hydrogens is 246 g/mol. The number of hydroxylamine groups is 1. The molecule has 0 atom stereocenters. The van der Waals surface area contributed by atoms with Gasteiger partial charge in [-0.05, 0) is 33.9 Å². The van der Waals surface area contributed by atoms with Crippen molar-refractivity contribution >= 4 is 17.3 Å². The van der Waals surface area contributed by atoms with E-state index in [-0.39, 0.29) is 17.3 Å². The van der Waals surface area contributed by atoms with Crippen LogP contribution >= 0.6 is 0 Å². The number of nitrogen functional groups attached to an aromatic ring is 1. The Labute approximate surface area is 110 Å². The molecule has 7 heteroatoms. The minimum absolute atomic E-state index is 0.00236. The molecule has 0 aliphatic carbocycles. The van der Waals surface area contributed by atoms with Gasteiger partial charge in [0.15, 0.2) is 17.3 Å². The summed E-state index contributed by atoms with van der Waals surface area (Å²) in [6, 6.07) is 7.25. The highest BCUT2D eigenvalue weighted by Crippen LogP contribution is 2.22. The van der Waals surface area contributed by atoms with E-state index in [1.807, 2.05) is 26.0 Å². The van der Waals surface area contributed by atoms with Crippen molar-refractivity contribution in [2.24, 2.45) is 0 Å². The van der Waals surface area contributed by atoms with Gasteiger partial charge in [-0.15, -0.1) is 0 Å². The van der Waals surface area contributed by atoms with E-state index < -0.39 is 0 Å². The number of nitrogens with zero attached hydrogens (tertiary/aromatic N) is 3. The number of rotatable bonds is 3. The lowest BCUT2D eigenvalue weighted by molar-refractivity contribution is 0.300. The number of amidine groups is 1. The summed E-state index contributed by atoms with van der Waals surface area (Å²) in [4.78, 5) is 0. The number of hydrogen-bond acceptors (Lipinski definition) is 6. The van der Waals surface area contributed by atoms with Gasteiger partial charge in [0, 0.05) is 0 Å². The van der Waals surface area contributed by atoms with Crippen LogP contribution in [0.15, 0.2) is 28.9 Å². The highest BCUT2D eigenvalue weighted by atomic mass is 16.6. The largest absolute Gasteiger partial charge is 0.379 e. The van der Waals surface area contributed by atoms with Gasteiger partial charge in [-0.25, -0.2) is 9.69 Å². The molecule has 0 unspecified atom stereocenters. The first kappa shape index (κ1) is 13.0. The summed E-state index contributed by atoms with van der Waals surface area (Å²) in [7, 11) is 0. The first-order valence-electron chi connectivity index (χ1n) is 5.76. The molecule has 1 aromatic heterocycles. The summed E-state index contributed by atoms with van der Waals surface area (Å²) < 4.78 is 4.41. The first-order chi connectivity index (χ1) is 9.00. The Bertz CT molecular complexity index is 593. The third-order valence-electron chi connectivity index (χ3n) is 2.73. The van der Waals surface area contributed by atoms with Gasteiger partial charge in [-0.3, -0.25) is 10.6 Å². The van der Waals surface area contributed by atoms with E-state index in [4.69, 9.17) is 11.1 Å². The Morgan fingerprint density at radius 1 is 1.42 bits per heavy atom. The third-order valence-corrected chi connectivity index (χ3v) is 2.73. The molecule has 4 N–H and O–H groups in total. The standard InChI is InChI=1S/C12H15N5O2/c1-7(2)8-4-3-5-9(6-8)17(18)12(14)10-11(13)16-19-15-10/h3-7,14,18H,1-2H3,(H2,13,16). The molecule has 2 aromatic rings. The maximum atomic E-state index is 10.0. The SMILES string of the molecule is CC(C)c1cccc(N(O)C(=N)c2nonc2N)c1. The molecule has 0 spiro atoms. The van der Waals surface area contributed by atoms with Gasteiger partial charge < -0.3 is 5.73 Å². The van der Waals surface area contributed by atoms with Crippen LogP contribution in [0.25, 0.3) is 0 Å². The number of benzene rings is 1. The predicted octanol–water partition coefficient (Wildman–Crippen LogP) is 2.00. The van der Waals surface area contributed by atoms with Gasteiger partial charge in [-0.1, -0.05) is 26.0 Å². The molecule has 0 saturated carbocycles. The summed E-state index contributed by atoms with van der Waals surface area (Å²) in [6.07, 6.45) is 0. The van der Waals surface area contributed by atoms with E-state index in [0.717, 1.165) is 5.56 Å². The molecule has 0 bridgehead atoms. The second kappa shape index (κ2) is 5.07. The monoisotopic (exact) mass is 261 g/mol. The predicted molar refractivity (Wildman–Crippen MR) is 70.3 cm³/mol. The van der Waals surface area contributed by atoms with Crippen LogP contribution in [0.4, 0.5) is 11.5 Å². The van der Waals surface area contributed by atoms with Crippen LogP contribution < -0.4 is 10.8 Å². The zero-order chi connectivity index (χ0) is 14.0. The van der Waals surface area contributed by atoms with E-state index in [1.54, 1.807) is 12.1 Å². The van der Waals surface area contributed by atoms with Crippen molar-refractivity contribution in [2.75, 3.05) is 10.8 Å². The molecule has 2 rings (SSSR count). The van der Waals surface area contributed by atoms with Crippen LogP contribution in [0.3, 0.4) is 0 Å². The van der Waals surface area contributed by atoms with Crippen LogP contribution in [0.5, 0.6) is 0 Å². The van der Waals surface area contributed by atoms with Gasteiger partial charge >= 0.3 is 0 Å². The summed E-state index contributed by atoms with van der Waals surface area (Å²) in [5.74, 6) is -0.00922. The number of hydrogen-bond donors (Lipinski definition) is 3. The van der Waals surface area contributed by atoms with Gasteiger partial charge in [0.1, 0.15) is 0 Å². The van der Waals surface area contributed by atoms with Gasteiger partial charge in [0.05, 0.1) is 5.69 Å². The quantitative estimate of drug-likeness (QED) is 0.442. The van der Waals surface area contributed by atoms with Crippen molar-refractivity contribution in [3.8, 4) is 0 Å². The molecular formula is C12H15N5O2. The smallest absolute Gasteiger partial charge is 0.199 e. The van der Waals surface area contributed by atoms with Crippen molar-refractivity contribution in [3.05, 3.63) is 35.5 Å². The lowest BCUT2D eigenvalue weighted by atomic mass is 10.0. The average molecular weight is 261 g/mol. The molecule has 7 nitrogen and oxygen atoms in total. The Morgan fingerprint density at radius 3 is 2.74 bits per heavy atom. The second-order valence-electron chi connectivity index (χ2n) is 4.41. The van der Waals surface area contributed by atoms with Crippen molar-refractivity contribution in [1.82, 2.24) is 10.3 Å². The van der Waals surface area contributed by atoms with E-state index in [2.05, 4.69) is 14.9 Å². The van der Waals surface area contributed by atoms with Gasteiger partial charge in [0.2, 0.25) is 0 Å². The first-order valence-corrected chi connectivity index (χ1v) is 5.76. The number of aromatic nitrogens is 2. The Balaban J connectivity index is 2.29. The summed E-state index contributed by atoms with van der Waals surface area (Å²) >= 11 is 0. The number of nitrogens with two attached hydrogens (primary N) is 1. The molecule has 1 heterocycles. The van der Waals surface area contributed by atoms with Crippen LogP contribution in [0.2, 0.25) is 0 Å². The molecule has 0 aliphatic rings. The maximum absolute atomic E-state index is 10.0. The molecule has 1 aromatic carbocycles. The normalized spacial score (nSPS) is 10.7. The fourth-order valence-corrected chi connectivity index (χ4v) is 1.60. The van der Waals surface area contributed by atoms with Crippen LogP contribution in [0.1, 0.15) is 31.0 Å². The summed E-state index contributed by atoms with van der Waals surface area (Å²) in [6.45, 7) is 4.09. The Hall–Kier alpha value is -2.41. The van der Waals surface area contributed by atoms with E-state index >= 15 is 0 Å². The average Bonchev–Trinajstić information content (AvgIpc) is 2.83. The highest BCUT2D eigenvalue weighted by Gasteiger charge is 2.19. The van der Waals surface area contributed by atoms with Crippen LogP contribution in [-0.2, 0) is 0 Å². The van der Waals surface area contributed by atoms with Gasteiger partial charge in [-0.2, -0.15) is 0 Å². The summed E-state index contributed by atoms with van der Waals surface area (Å²) in [5, 5.41) is 25.4. The van der Waals surface area contributed by atoms with Gasteiger partial charge in [0.25, 0.3) is 0 Å². The minimum atomic E-state index is -0.292. The van der Waals surface area contributed by atoms with Crippen LogP contribution in [0, 0.1) is 5.41 Å². The lowest BCUT2D eigenvalue weighted by Gasteiger charge is -2.17.